The molecule has 0 saturated carbocycles. The predicted molar refractivity (Wildman–Crippen MR) is 97.7 cm³/mol. The van der Waals surface area contributed by atoms with Gasteiger partial charge in [0.2, 0.25) is 0 Å². The van der Waals surface area contributed by atoms with E-state index in [0.29, 0.717) is 22.5 Å². The zero-order valence-electron chi connectivity index (χ0n) is 14.3. The number of nitrogens with zero attached hydrogens (tertiary/aromatic N) is 3. The van der Waals surface area contributed by atoms with E-state index in [1.165, 1.54) is 41.9 Å². The van der Waals surface area contributed by atoms with Crippen LogP contribution in [0, 0.1) is 13.8 Å². The summed E-state index contributed by atoms with van der Waals surface area (Å²) in [6.45, 7) is 3.86. The number of nitrogens with two attached hydrogens (primary N) is 1. The molecule has 0 spiro atoms. The number of hydrogen-bond donors (Lipinski definition) is 3. The van der Waals surface area contributed by atoms with Crippen LogP contribution in [0.1, 0.15) is 10.6 Å². The van der Waals surface area contributed by atoms with Gasteiger partial charge in [0.05, 0.1) is 5.69 Å². The Labute approximate surface area is 156 Å². The topological polar surface area (TPSA) is 98.0 Å². The third kappa shape index (κ3) is 4.76. The summed E-state index contributed by atoms with van der Waals surface area (Å²) in [6.07, 6.45) is -3.42. The Kier molecular flexibility index (Phi) is 5.04. The zero-order valence-corrected chi connectivity index (χ0v) is 15.1. The lowest BCUT2D eigenvalue weighted by atomic mass is 10.3. The van der Waals surface area contributed by atoms with Crippen LogP contribution in [0.2, 0.25) is 0 Å². The van der Waals surface area contributed by atoms with Gasteiger partial charge in [-0.15, -0.1) is 24.5 Å². The average Bonchev–Trinajstić information content (AvgIpc) is 2.89. The van der Waals surface area contributed by atoms with Gasteiger partial charge in [0.1, 0.15) is 17.8 Å². The van der Waals surface area contributed by atoms with E-state index in [9.17, 15) is 13.2 Å². The molecule has 11 heteroatoms. The van der Waals surface area contributed by atoms with Gasteiger partial charge in [-0.25, -0.2) is 15.0 Å². The Morgan fingerprint density at radius 2 is 1.67 bits per heavy atom. The van der Waals surface area contributed by atoms with Gasteiger partial charge in [0.25, 0.3) is 0 Å². The molecule has 0 atom stereocenters. The maximum Gasteiger partial charge on any atom is 0.573 e. The first-order chi connectivity index (χ1) is 12.7. The SMILES string of the molecule is Cc1nc(Nc2ncnc(Nc3ccc(OC(F)(F)F)cc3)c2N)sc1C. The molecule has 2 heterocycles. The molecule has 27 heavy (non-hydrogen) atoms. The number of anilines is 5. The zero-order chi connectivity index (χ0) is 19.6. The highest BCUT2D eigenvalue weighted by atomic mass is 32.1. The summed E-state index contributed by atoms with van der Waals surface area (Å²) in [6, 6.07) is 5.22. The van der Waals surface area contributed by atoms with Crippen LogP contribution in [0.25, 0.3) is 0 Å². The number of halogens is 3. The van der Waals surface area contributed by atoms with Gasteiger partial charge >= 0.3 is 6.36 Å². The Bertz CT molecular complexity index is 923. The Morgan fingerprint density at radius 3 is 2.22 bits per heavy atom. The molecule has 0 saturated heterocycles. The van der Waals surface area contributed by atoms with Crippen LogP contribution < -0.4 is 21.1 Å². The van der Waals surface area contributed by atoms with Crippen LogP contribution in [0.3, 0.4) is 0 Å². The molecule has 0 radical (unpaired) electrons. The summed E-state index contributed by atoms with van der Waals surface area (Å²) >= 11 is 1.47. The smallest absolute Gasteiger partial charge is 0.406 e. The third-order valence-corrected chi connectivity index (χ3v) is 4.48. The average molecular weight is 396 g/mol. The monoisotopic (exact) mass is 396 g/mol. The predicted octanol–water partition coefficient (Wildman–Crippen LogP) is 4.52. The van der Waals surface area contributed by atoms with Crippen LogP contribution >= 0.6 is 11.3 Å². The summed E-state index contributed by atoms with van der Waals surface area (Å²) in [5.41, 5.74) is 7.74. The van der Waals surface area contributed by atoms with Crippen molar-refractivity contribution in [3.8, 4) is 5.75 Å². The number of aryl methyl sites for hydroxylation is 2. The van der Waals surface area contributed by atoms with Crippen molar-refractivity contribution in [2.75, 3.05) is 16.4 Å². The number of alkyl halides is 3. The van der Waals surface area contributed by atoms with Crippen molar-refractivity contribution in [3.63, 3.8) is 0 Å². The second-order valence-corrected chi connectivity index (χ2v) is 6.67. The maximum atomic E-state index is 12.2. The minimum absolute atomic E-state index is 0.249. The lowest BCUT2D eigenvalue weighted by molar-refractivity contribution is -0.274. The molecule has 0 unspecified atom stereocenters. The number of aromatic nitrogens is 3. The number of benzene rings is 1. The van der Waals surface area contributed by atoms with Gasteiger partial charge < -0.3 is 21.1 Å². The van der Waals surface area contributed by atoms with E-state index in [2.05, 4.69) is 30.3 Å². The molecule has 0 aliphatic heterocycles. The fraction of sp³-hybridized carbons (Fsp3) is 0.188. The second-order valence-electron chi connectivity index (χ2n) is 5.47. The highest BCUT2D eigenvalue weighted by Crippen LogP contribution is 2.31. The molecule has 4 N–H and O–H groups in total. The van der Waals surface area contributed by atoms with Crippen molar-refractivity contribution in [3.05, 3.63) is 41.2 Å². The highest BCUT2D eigenvalue weighted by Gasteiger charge is 2.30. The summed E-state index contributed by atoms with van der Waals surface area (Å²) in [5.74, 6) is 0.362. The first-order valence-corrected chi connectivity index (χ1v) is 8.47. The van der Waals surface area contributed by atoms with Crippen molar-refractivity contribution in [2.24, 2.45) is 0 Å². The fourth-order valence-corrected chi connectivity index (χ4v) is 2.91. The van der Waals surface area contributed by atoms with Crippen LogP contribution in [-0.4, -0.2) is 21.3 Å². The lowest BCUT2D eigenvalue weighted by Crippen LogP contribution is -2.17. The van der Waals surface area contributed by atoms with Gasteiger partial charge in [-0.2, -0.15) is 0 Å². The standard InChI is InChI=1S/C16H15F3N6OS/c1-8-9(2)27-15(23-8)25-14-12(20)13(21-7-22-14)24-10-3-5-11(6-4-10)26-16(17,18)19/h3-7H,20H2,1-2H3,(H2,21,22,23,24,25). The van der Waals surface area contributed by atoms with E-state index in [0.717, 1.165) is 10.6 Å². The molecule has 0 bridgehead atoms. The molecule has 3 rings (SSSR count). The van der Waals surface area contributed by atoms with E-state index in [4.69, 9.17) is 5.73 Å². The van der Waals surface area contributed by atoms with E-state index in [-0.39, 0.29) is 11.4 Å². The summed E-state index contributed by atoms with van der Waals surface area (Å²) in [7, 11) is 0. The first-order valence-electron chi connectivity index (χ1n) is 7.65. The van der Waals surface area contributed by atoms with Gasteiger partial charge in [0, 0.05) is 10.6 Å². The minimum atomic E-state index is -4.74. The van der Waals surface area contributed by atoms with Crippen LogP contribution in [-0.2, 0) is 0 Å². The quantitative estimate of drug-likeness (QED) is 0.583. The molecular formula is C16H15F3N6OS. The van der Waals surface area contributed by atoms with Crippen LogP contribution in [0.5, 0.6) is 5.75 Å². The highest BCUT2D eigenvalue weighted by molar-refractivity contribution is 7.15. The molecule has 0 amide bonds. The number of hydrogen-bond acceptors (Lipinski definition) is 8. The number of thiazole rings is 1. The van der Waals surface area contributed by atoms with E-state index in [1.807, 2.05) is 13.8 Å². The van der Waals surface area contributed by atoms with Crippen molar-refractivity contribution in [1.29, 1.82) is 0 Å². The molecule has 3 aromatic rings. The summed E-state index contributed by atoms with van der Waals surface area (Å²) in [4.78, 5) is 13.6. The molecule has 2 aromatic heterocycles. The Hall–Kier alpha value is -3.08. The molecule has 0 fully saturated rings. The Morgan fingerprint density at radius 1 is 1.04 bits per heavy atom. The van der Waals surface area contributed by atoms with E-state index in [1.54, 1.807) is 0 Å². The van der Waals surface area contributed by atoms with Gasteiger partial charge in [-0.1, -0.05) is 0 Å². The third-order valence-electron chi connectivity index (χ3n) is 3.49. The number of nitrogen functional groups attached to an aromatic ring is 1. The Balaban J connectivity index is 1.75. The van der Waals surface area contributed by atoms with Crippen LogP contribution in [0.15, 0.2) is 30.6 Å². The van der Waals surface area contributed by atoms with Crippen molar-refractivity contribution >= 4 is 39.5 Å². The molecule has 7 nitrogen and oxygen atoms in total. The number of rotatable bonds is 5. The molecule has 0 aliphatic carbocycles. The molecule has 1 aromatic carbocycles. The number of nitrogens with one attached hydrogen (secondary N) is 2. The van der Waals surface area contributed by atoms with Crippen molar-refractivity contribution in [1.82, 2.24) is 15.0 Å². The van der Waals surface area contributed by atoms with Gasteiger partial charge in [0.15, 0.2) is 16.8 Å². The molecule has 142 valence electrons. The second kappa shape index (κ2) is 7.27. The van der Waals surface area contributed by atoms with Crippen LogP contribution in [0.4, 0.5) is 41.3 Å². The normalized spacial score (nSPS) is 11.3. The largest absolute Gasteiger partial charge is 0.573 e. The fourth-order valence-electron chi connectivity index (χ4n) is 2.10. The lowest BCUT2D eigenvalue weighted by Gasteiger charge is -2.12. The number of ether oxygens (including phenoxy) is 1. The van der Waals surface area contributed by atoms with Gasteiger partial charge in [-0.3, -0.25) is 0 Å². The minimum Gasteiger partial charge on any atom is -0.406 e. The van der Waals surface area contributed by atoms with Crippen molar-refractivity contribution < 1.29 is 17.9 Å². The molecule has 0 aliphatic rings. The first kappa shape index (κ1) is 18.7. The van der Waals surface area contributed by atoms with E-state index < -0.39 is 6.36 Å². The van der Waals surface area contributed by atoms with Crippen molar-refractivity contribution in [2.45, 2.75) is 20.2 Å². The summed E-state index contributed by atoms with van der Waals surface area (Å²) < 4.78 is 40.5. The van der Waals surface area contributed by atoms with E-state index >= 15 is 0 Å². The molecular weight excluding hydrogens is 381 g/mol. The van der Waals surface area contributed by atoms with Gasteiger partial charge in [-0.05, 0) is 38.1 Å². The maximum absolute atomic E-state index is 12.2. The summed E-state index contributed by atoms with van der Waals surface area (Å²) in [5, 5.41) is 6.62.